The first-order valence-electron chi connectivity index (χ1n) is 9.80. The molecular formula is C21H29N3O3S. The lowest BCUT2D eigenvalue weighted by atomic mass is 10.1. The molecule has 7 heteroatoms. The highest BCUT2D eigenvalue weighted by atomic mass is 32.1. The summed E-state index contributed by atoms with van der Waals surface area (Å²) in [6.07, 6.45) is 0.676. The quantitative estimate of drug-likeness (QED) is 0.738. The van der Waals surface area contributed by atoms with Gasteiger partial charge in [0.1, 0.15) is 11.4 Å². The summed E-state index contributed by atoms with van der Waals surface area (Å²) < 4.78 is 0. The number of carboxylic acid groups (broad SMARTS) is 1. The van der Waals surface area contributed by atoms with Crippen molar-refractivity contribution in [1.29, 1.82) is 0 Å². The number of carboxylic acids is 1. The van der Waals surface area contributed by atoms with Gasteiger partial charge in [-0.1, -0.05) is 13.8 Å². The van der Waals surface area contributed by atoms with Crippen molar-refractivity contribution in [2.45, 2.75) is 33.2 Å². The minimum Gasteiger partial charge on any atom is -0.478 e. The molecule has 2 aromatic heterocycles. The Hall–Kier alpha value is -1.96. The Bertz CT molecular complexity index is 821. The van der Waals surface area contributed by atoms with E-state index in [1.165, 1.54) is 4.88 Å². The molecule has 2 N–H and O–H groups in total. The van der Waals surface area contributed by atoms with Crippen molar-refractivity contribution < 1.29 is 15.0 Å². The van der Waals surface area contributed by atoms with Crippen molar-refractivity contribution in [2.75, 3.05) is 37.7 Å². The Labute approximate surface area is 170 Å². The number of aliphatic hydroxyl groups is 1. The second-order valence-electron chi connectivity index (χ2n) is 7.78. The number of anilines is 1. The molecule has 152 valence electrons. The topological polar surface area (TPSA) is 76.9 Å². The van der Waals surface area contributed by atoms with Gasteiger partial charge < -0.3 is 15.1 Å². The Morgan fingerprint density at radius 3 is 2.68 bits per heavy atom. The number of pyridine rings is 1. The highest BCUT2D eigenvalue weighted by molar-refractivity contribution is 7.15. The number of carbonyl (C=O) groups is 1. The molecule has 0 amide bonds. The molecule has 1 aliphatic heterocycles. The smallest absolute Gasteiger partial charge is 0.339 e. The zero-order valence-corrected chi connectivity index (χ0v) is 17.6. The van der Waals surface area contributed by atoms with Crippen LogP contribution in [0, 0.1) is 12.8 Å². The number of aromatic carboxylic acids is 1. The predicted octanol–water partition coefficient (Wildman–Crippen LogP) is 3.35. The second-order valence-corrected chi connectivity index (χ2v) is 9.07. The lowest BCUT2D eigenvalue weighted by Crippen LogP contribution is -2.54. The number of aryl methyl sites for hydroxylation is 1. The van der Waals surface area contributed by atoms with Gasteiger partial charge in [-0.3, -0.25) is 4.90 Å². The van der Waals surface area contributed by atoms with Gasteiger partial charge in [0.2, 0.25) is 0 Å². The van der Waals surface area contributed by atoms with Crippen LogP contribution in [0.5, 0.6) is 0 Å². The van der Waals surface area contributed by atoms with Gasteiger partial charge in [0.05, 0.1) is 10.6 Å². The molecule has 2 aromatic rings. The zero-order chi connectivity index (χ0) is 20.3. The normalized spacial score (nSPS) is 18.0. The van der Waals surface area contributed by atoms with Crippen LogP contribution in [-0.2, 0) is 0 Å². The number of aliphatic hydroxyl groups excluding tert-OH is 1. The van der Waals surface area contributed by atoms with E-state index in [4.69, 9.17) is 4.98 Å². The summed E-state index contributed by atoms with van der Waals surface area (Å²) in [6.45, 7) is 9.79. The fraction of sp³-hybridized carbons (Fsp3) is 0.524. The second kappa shape index (κ2) is 9.03. The maximum Gasteiger partial charge on any atom is 0.339 e. The maximum atomic E-state index is 11.8. The predicted molar refractivity (Wildman–Crippen MR) is 113 cm³/mol. The van der Waals surface area contributed by atoms with E-state index >= 15 is 0 Å². The van der Waals surface area contributed by atoms with Crippen LogP contribution in [-0.4, -0.2) is 64.9 Å². The summed E-state index contributed by atoms with van der Waals surface area (Å²) >= 11 is 1.66. The van der Waals surface area contributed by atoms with E-state index in [1.807, 2.05) is 13.0 Å². The maximum absolute atomic E-state index is 11.8. The molecule has 1 fully saturated rings. The third kappa shape index (κ3) is 4.71. The summed E-state index contributed by atoms with van der Waals surface area (Å²) in [5, 5.41) is 19.2. The number of rotatable bonds is 7. The minimum absolute atomic E-state index is 0.126. The summed E-state index contributed by atoms with van der Waals surface area (Å²) in [7, 11) is 0. The standard InChI is InChI=1S/C21H29N3O3S/c1-14(2)12-23-9-10-24(13-16(23)8-11-25)20-17(21(26)27)5-6-18(22-20)19-7-4-15(3)28-19/h4-7,14,16,25H,8-13H2,1-3H3,(H,26,27). The van der Waals surface area contributed by atoms with Crippen molar-refractivity contribution in [3.05, 3.63) is 34.7 Å². The van der Waals surface area contributed by atoms with E-state index in [2.05, 4.69) is 29.7 Å². The zero-order valence-electron chi connectivity index (χ0n) is 16.8. The molecule has 3 heterocycles. The first-order chi connectivity index (χ1) is 13.4. The lowest BCUT2D eigenvalue weighted by molar-refractivity contribution is 0.0696. The van der Waals surface area contributed by atoms with Gasteiger partial charge >= 0.3 is 5.97 Å². The Balaban J connectivity index is 1.91. The number of thiophene rings is 1. The van der Waals surface area contributed by atoms with E-state index < -0.39 is 5.97 Å². The molecule has 3 rings (SSSR count). The van der Waals surface area contributed by atoms with Crippen molar-refractivity contribution in [3.63, 3.8) is 0 Å². The van der Waals surface area contributed by atoms with Crippen LogP contribution in [0.4, 0.5) is 5.82 Å². The number of hydrogen-bond acceptors (Lipinski definition) is 6. The molecule has 1 atom stereocenters. The van der Waals surface area contributed by atoms with Crippen LogP contribution in [0.15, 0.2) is 24.3 Å². The molecule has 1 unspecified atom stereocenters. The lowest BCUT2D eigenvalue weighted by Gasteiger charge is -2.43. The highest BCUT2D eigenvalue weighted by Crippen LogP contribution is 2.30. The van der Waals surface area contributed by atoms with Crippen LogP contribution >= 0.6 is 11.3 Å². The summed E-state index contributed by atoms with van der Waals surface area (Å²) in [4.78, 5) is 23.3. The molecule has 0 saturated carbocycles. The van der Waals surface area contributed by atoms with E-state index in [0.29, 0.717) is 24.7 Å². The Kier molecular flexibility index (Phi) is 6.69. The van der Waals surface area contributed by atoms with E-state index in [9.17, 15) is 15.0 Å². The Morgan fingerprint density at radius 2 is 2.07 bits per heavy atom. The van der Waals surface area contributed by atoms with Crippen LogP contribution in [0.3, 0.4) is 0 Å². The van der Waals surface area contributed by atoms with Gasteiger partial charge in [-0.05, 0) is 43.5 Å². The van der Waals surface area contributed by atoms with Crippen LogP contribution in [0.25, 0.3) is 10.6 Å². The Morgan fingerprint density at radius 1 is 1.29 bits per heavy atom. The first-order valence-corrected chi connectivity index (χ1v) is 10.6. The molecule has 28 heavy (non-hydrogen) atoms. The van der Waals surface area contributed by atoms with E-state index in [1.54, 1.807) is 23.5 Å². The molecule has 6 nitrogen and oxygen atoms in total. The van der Waals surface area contributed by atoms with Crippen LogP contribution < -0.4 is 4.90 Å². The molecule has 0 aliphatic carbocycles. The summed E-state index contributed by atoms with van der Waals surface area (Å²) in [5.41, 5.74) is 1.04. The van der Waals surface area contributed by atoms with Crippen molar-refractivity contribution in [1.82, 2.24) is 9.88 Å². The third-order valence-corrected chi connectivity index (χ3v) is 6.09. The van der Waals surface area contributed by atoms with Crippen molar-refractivity contribution >= 4 is 23.1 Å². The van der Waals surface area contributed by atoms with E-state index in [0.717, 1.165) is 30.2 Å². The number of aromatic nitrogens is 1. The van der Waals surface area contributed by atoms with E-state index in [-0.39, 0.29) is 18.2 Å². The summed E-state index contributed by atoms with van der Waals surface area (Å²) in [6, 6.07) is 7.72. The molecule has 0 radical (unpaired) electrons. The SMILES string of the molecule is Cc1ccc(-c2ccc(C(=O)O)c(N3CCN(CC(C)C)C(CCO)C3)n2)s1. The fourth-order valence-electron chi connectivity index (χ4n) is 3.78. The molecular weight excluding hydrogens is 374 g/mol. The number of nitrogens with zero attached hydrogens (tertiary/aromatic N) is 3. The number of piperazine rings is 1. The first kappa shape index (κ1) is 20.8. The van der Waals surface area contributed by atoms with Gasteiger partial charge in [-0.2, -0.15) is 0 Å². The third-order valence-electron chi connectivity index (χ3n) is 5.06. The molecule has 0 aromatic carbocycles. The van der Waals surface area contributed by atoms with Crippen LogP contribution in [0.2, 0.25) is 0 Å². The van der Waals surface area contributed by atoms with Gasteiger partial charge in [0, 0.05) is 43.7 Å². The molecule has 0 spiro atoms. The van der Waals surface area contributed by atoms with Crippen molar-refractivity contribution in [2.24, 2.45) is 5.92 Å². The molecule has 1 saturated heterocycles. The molecule has 1 aliphatic rings. The van der Waals surface area contributed by atoms with Gasteiger partial charge in [-0.25, -0.2) is 9.78 Å². The average Bonchev–Trinajstić information content (AvgIpc) is 3.09. The number of hydrogen-bond donors (Lipinski definition) is 2. The summed E-state index contributed by atoms with van der Waals surface area (Å²) in [5.74, 6) is 0.119. The average molecular weight is 404 g/mol. The fourth-order valence-corrected chi connectivity index (χ4v) is 4.62. The minimum atomic E-state index is -0.959. The monoisotopic (exact) mass is 403 g/mol. The van der Waals surface area contributed by atoms with Crippen molar-refractivity contribution in [3.8, 4) is 10.6 Å². The van der Waals surface area contributed by atoms with Gasteiger partial charge in [0.25, 0.3) is 0 Å². The van der Waals surface area contributed by atoms with Crippen LogP contribution in [0.1, 0.15) is 35.5 Å². The molecule has 0 bridgehead atoms. The van der Waals surface area contributed by atoms with Gasteiger partial charge in [-0.15, -0.1) is 11.3 Å². The largest absolute Gasteiger partial charge is 0.478 e. The van der Waals surface area contributed by atoms with Gasteiger partial charge in [0.15, 0.2) is 0 Å². The highest BCUT2D eigenvalue weighted by Gasteiger charge is 2.30.